The van der Waals surface area contributed by atoms with Gasteiger partial charge in [0.1, 0.15) is 11.5 Å². The lowest BCUT2D eigenvalue weighted by Crippen LogP contribution is -2.02. The summed E-state index contributed by atoms with van der Waals surface area (Å²) in [6.45, 7) is 3.30. The van der Waals surface area contributed by atoms with E-state index >= 15 is 0 Å². The lowest BCUT2D eigenvalue weighted by atomic mass is 10.1. The number of aryl methyl sites for hydroxylation is 1. The number of aromatic nitrogens is 2. The van der Waals surface area contributed by atoms with Gasteiger partial charge in [-0.25, -0.2) is 9.97 Å². The number of halogens is 1. The zero-order chi connectivity index (χ0) is 11.0. The van der Waals surface area contributed by atoms with E-state index in [0.717, 1.165) is 15.4 Å². The molecule has 0 spiro atoms. The van der Waals surface area contributed by atoms with Gasteiger partial charge in [-0.3, -0.25) is 4.79 Å². The number of hydrogen-bond donors (Lipinski definition) is 0. The number of carbonyl (C=O) groups excluding carboxylic acids is 1. The van der Waals surface area contributed by atoms with Gasteiger partial charge in [0.05, 0.1) is 5.52 Å². The highest BCUT2D eigenvalue weighted by Crippen LogP contribution is 2.21. The van der Waals surface area contributed by atoms with E-state index < -0.39 is 0 Å². The Labute approximate surface area is 95.7 Å². The second-order valence-electron chi connectivity index (χ2n) is 3.34. The van der Waals surface area contributed by atoms with Crippen molar-refractivity contribution in [2.75, 3.05) is 0 Å². The van der Waals surface area contributed by atoms with Crippen molar-refractivity contribution >= 4 is 32.6 Å². The van der Waals surface area contributed by atoms with Crippen LogP contribution in [0.5, 0.6) is 0 Å². The first-order valence-corrected chi connectivity index (χ1v) is 5.32. The third kappa shape index (κ3) is 1.90. The summed E-state index contributed by atoms with van der Waals surface area (Å²) in [4.78, 5) is 19.9. The lowest BCUT2D eigenvalue weighted by molar-refractivity contribution is 0.101. The Kier molecular flexibility index (Phi) is 2.52. The molecule has 1 aromatic carbocycles. The second-order valence-corrected chi connectivity index (χ2v) is 4.25. The van der Waals surface area contributed by atoms with Crippen LogP contribution < -0.4 is 0 Å². The summed E-state index contributed by atoms with van der Waals surface area (Å²) in [6, 6.07) is 5.64. The molecule has 76 valence electrons. The molecule has 1 aromatic heterocycles. The van der Waals surface area contributed by atoms with Gasteiger partial charge < -0.3 is 0 Å². The normalized spacial score (nSPS) is 10.6. The van der Waals surface area contributed by atoms with E-state index in [-0.39, 0.29) is 5.78 Å². The Bertz CT molecular complexity index is 552. The van der Waals surface area contributed by atoms with E-state index in [1.807, 2.05) is 18.2 Å². The predicted molar refractivity (Wildman–Crippen MR) is 62.0 cm³/mol. The van der Waals surface area contributed by atoms with Crippen molar-refractivity contribution in [2.24, 2.45) is 0 Å². The molecule has 0 N–H and O–H groups in total. The summed E-state index contributed by atoms with van der Waals surface area (Å²) >= 11 is 3.37. The molecule has 0 fully saturated rings. The summed E-state index contributed by atoms with van der Waals surface area (Å²) in [5.74, 6) is 0.582. The number of rotatable bonds is 1. The minimum atomic E-state index is -0.0383. The summed E-state index contributed by atoms with van der Waals surface area (Å²) in [5, 5.41) is 0.794. The average molecular weight is 265 g/mol. The molecule has 2 rings (SSSR count). The van der Waals surface area contributed by atoms with E-state index in [2.05, 4.69) is 25.9 Å². The largest absolute Gasteiger partial charge is 0.293 e. The molecule has 0 radical (unpaired) electrons. The molecule has 2 aromatic rings. The van der Waals surface area contributed by atoms with Crippen molar-refractivity contribution in [3.63, 3.8) is 0 Å². The third-order valence-electron chi connectivity index (χ3n) is 2.10. The Morgan fingerprint density at radius 1 is 1.33 bits per heavy atom. The average Bonchev–Trinajstić information content (AvgIpc) is 2.17. The highest BCUT2D eigenvalue weighted by Gasteiger charge is 2.09. The van der Waals surface area contributed by atoms with Gasteiger partial charge in [0.15, 0.2) is 5.78 Å². The number of Topliss-reactive ketones (excluding diaryl/α,β-unsaturated/α-hetero) is 1. The van der Waals surface area contributed by atoms with Crippen LogP contribution in [0.25, 0.3) is 10.9 Å². The first-order chi connectivity index (χ1) is 7.08. The SMILES string of the molecule is CC(=O)c1nc(C)nc2ccc(Br)cc12. The maximum Gasteiger partial charge on any atom is 0.178 e. The zero-order valence-corrected chi connectivity index (χ0v) is 10.00. The molecule has 0 atom stereocenters. The van der Waals surface area contributed by atoms with E-state index in [9.17, 15) is 4.79 Å². The molecular weight excluding hydrogens is 256 g/mol. The van der Waals surface area contributed by atoms with Crippen molar-refractivity contribution in [1.82, 2.24) is 9.97 Å². The standard InChI is InChI=1S/C11H9BrN2O/c1-6(15)11-9-5-8(12)3-4-10(9)13-7(2)14-11/h3-5H,1-2H3. The Balaban J connectivity index is 2.87. The quantitative estimate of drug-likeness (QED) is 0.744. The number of fused-ring (bicyclic) bond motifs is 1. The maximum atomic E-state index is 11.4. The van der Waals surface area contributed by atoms with Crippen LogP contribution in [-0.4, -0.2) is 15.8 Å². The molecule has 15 heavy (non-hydrogen) atoms. The number of ketones is 1. The van der Waals surface area contributed by atoms with Crippen molar-refractivity contribution in [2.45, 2.75) is 13.8 Å². The van der Waals surface area contributed by atoms with Gasteiger partial charge in [-0.15, -0.1) is 0 Å². The third-order valence-corrected chi connectivity index (χ3v) is 2.60. The molecule has 4 heteroatoms. The molecule has 0 unspecified atom stereocenters. The fourth-order valence-corrected chi connectivity index (χ4v) is 1.85. The number of nitrogens with zero attached hydrogens (tertiary/aromatic N) is 2. The van der Waals surface area contributed by atoms with Crippen LogP contribution in [0.2, 0.25) is 0 Å². The first kappa shape index (κ1) is 10.2. The van der Waals surface area contributed by atoms with Crippen LogP contribution in [0.3, 0.4) is 0 Å². The first-order valence-electron chi connectivity index (χ1n) is 4.53. The van der Waals surface area contributed by atoms with E-state index in [1.54, 1.807) is 6.92 Å². The van der Waals surface area contributed by atoms with E-state index in [1.165, 1.54) is 6.92 Å². The monoisotopic (exact) mass is 264 g/mol. The lowest BCUT2D eigenvalue weighted by Gasteiger charge is -2.04. The van der Waals surface area contributed by atoms with Gasteiger partial charge in [0, 0.05) is 16.8 Å². The summed E-state index contributed by atoms with van der Waals surface area (Å²) in [7, 11) is 0. The van der Waals surface area contributed by atoms with Gasteiger partial charge in [-0.05, 0) is 25.1 Å². The van der Waals surface area contributed by atoms with Crippen molar-refractivity contribution < 1.29 is 4.79 Å². The molecule has 0 amide bonds. The number of carbonyl (C=O) groups is 1. The van der Waals surface area contributed by atoms with Gasteiger partial charge in [0.25, 0.3) is 0 Å². The van der Waals surface area contributed by atoms with Crippen LogP contribution in [0.4, 0.5) is 0 Å². The minimum Gasteiger partial charge on any atom is -0.293 e. The van der Waals surface area contributed by atoms with Crippen molar-refractivity contribution in [3.05, 3.63) is 34.2 Å². The molecule has 0 saturated carbocycles. The molecule has 1 heterocycles. The highest BCUT2D eigenvalue weighted by molar-refractivity contribution is 9.10. The van der Waals surface area contributed by atoms with Gasteiger partial charge in [0.2, 0.25) is 0 Å². The fourth-order valence-electron chi connectivity index (χ4n) is 1.49. The summed E-state index contributed by atoms with van der Waals surface area (Å²) in [6.07, 6.45) is 0. The zero-order valence-electron chi connectivity index (χ0n) is 8.41. The molecular formula is C11H9BrN2O. The van der Waals surface area contributed by atoms with Gasteiger partial charge in [-0.2, -0.15) is 0 Å². The van der Waals surface area contributed by atoms with Crippen LogP contribution >= 0.6 is 15.9 Å². The molecule has 0 aliphatic rings. The number of benzene rings is 1. The smallest absolute Gasteiger partial charge is 0.178 e. The topological polar surface area (TPSA) is 42.9 Å². The Morgan fingerprint density at radius 3 is 2.73 bits per heavy atom. The molecule has 0 saturated heterocycles. The fraction of sp³-hybridized carbons (Fsp3) is 0.182. The minimum absolute atomic E-state index is 0.0383. The predicted octanol–water partition coefficient (Wildman–Crippen LogP) is 2.90. The molecule has 3 nitrogen and oxygen atoms in total. The van der Waals surface area contributed by atoms with Crippen LogP contribution in [-0.2, 0) is 0 Å². The Morgan fingerprint density at radius 2 is 2.07 bits per heavy atom. The maximum absolute atomic E-state index is 11.4. The summed E-state index contributed by atoms with van der Waals surface area (Å²) < 4.78 is 0.921. The molecule has 0 bridgehead atoms. The number of hydrogen-bond acceptors (Lipinski definition) is 3. The van der Waals surface area contributed by atoms with E-state index in [4.69, 9.17) is 0 Å². The van der Waals surface area contributed by atoms with Crippen molar-refractivity contribution in [1.29, 1.82) is 0 Å². The summed E-state index contributed by atoms with van der Waals surface area (Å²) in [5.41, 5.74) is 1.29. The van der Waals surface area contributed by atoms with Crippen LogP contribution in [0.1, 0.15) is 23.2 Å². The van der Waals surface area contributed by atoms with Crippen LogP contribution in [0, 0.1) is 6.92 Å². The molecule has 0 aliphatic heterocycles. The highest BCUT2D eigenvalue weighted by atomic mass is 79.9. The van der Waals surface area contributed by atoms with E-state index in [0.29, 0.717) is 11.5 Å². The Hall–Kier alpha value is -1.29. The van der Waals surface area contributed by atoms with Gasteiger partial charge >= 0.3 is 0 Å². The molecule has 0 aliphatic carbocycles. The van der Waals surface area contributed by atoms with Gasteiger partial charge in [-0.1, -0.05) is 15.9 Å². The van der Waals surface area contributed by atoms with Crippen molar-refractivity contribution in [3.8, 4) is 0 Å². The second kappa shape index (κ2) is 3.70. The van der Waals surface area contributed by atoms with Crippen LogP contribution in [0.15, 0.2) is 22.7 Å².